The maximum atomic E-state index is 14.2. The van der Waals surface area contributed by atoms with E-state index < -0.39 is 28.5 Å². The fourth-order valence-electron chi connectivity index (χ4n) is 4.66. The van der Waals surface area contributed by atoms with Crippen molar-refractivity contribution in [2.45, 2.75) is 59.5 Å². The molecule has 1 atom stereocenters. The average molecular weight is 578 g/mol. The highest BCUT2D eigenvalue weighted by atomic mass is 32.2. The zero-order valence-electron chi connectivity index (χ0n) is 25.0. The molecule has 8 heteroatoms. The van der Waals surface area contributed by atoms with Gasteiger partial charge < -0.3 is 10.2 Å². The van der Waals surface area contributed by atoms with Crippen LogP contribution >= 0.6 is 0 Å². The first kappa shape index (κ1) is 31.9. The molecule has 0 aliphatic carbocycles. The van der Waals surface area contributed by atoms with Gasteiger partial charge in [0.15, 0.2) is 0 Å². The minimum atomic E-state index is -3.82. The van der Waals surface area contributed by atoms with Crippen molar-refractivity contribution in [3.63, 3.8) is 0 Å². The van der Waals surface area contributed by atoms with E-state index in [1.54, 1.807) is 12.1 Å². The summed E-state index contributed by atoms with van der Waals surface area (Å²) < 4.78 is 27.4. The average Bonchev–Trinajstić information content (AvgIpc) is 2.93. The number of hydrogen-bond acceptors (Lipinski definition) is 4. The molecule has 7 nitrogen and oxygen atoms in total. The lowest BCUT2D eigenvalue weighted by atomic mass is 10.0. The van der Waals surface area contributed by atoms with Crippen LogP contribution in [-0.2, 0) is 32.6 Å². The molecular weight excluding hydrogens is 534 g/mol. The Morgan fingerprint density at radius 1 is 0.829 bits per heavy atom. The van der Waals surface area contributed by atoms with Gasteiger partial charge in [0.05, 0.1) is 11.9 Å². The molecular formula is C33H43N3O4S. The molecule has 220 valence electrons. The van der Waals surface area contributed by atoms with Gasteiger partial charge in [-0.1, -0.05) is 106 Å². The van der Waals surface area contributed by atoms with Gasteiger partial charge in [-0.25, -0.2) is 8.42 Å². The normalized spacial score (nSPS) is 12.3. The summed E-state index contributed by atoms with van der Waals surface area (Å²) >= 11 is 0. The van der Waals surface area contributed by atoms with E-state index in [9.17, 15) is 18.0 Å². The number of amides is 2. The number of rotatable bonds is 13. The predicted octanol–water partition coefficient (Wildman–Crippen LogP) is 5.30. The first-order chi connectivity index (χ1) is 19.4. The van der Waals surface area contributed by atoms with Crippen LogP contribution in [0.15, 0.2) is 78.9 Å². The van der Waals surface area contributed by atoms with Gasteiger partial charge in [0.2, 0.25) is 21.8 Å². The maximum Gasteiger partial charge on any atom is 0.244 e. The lowest BCUT2D eigenvalue weighted by molar-refractivity contribution is -0.140. The Morgan fingerprint density at radius 2 is 1.44 bits per heavy atom. The molecule has 0 saturated heterocycles. The first-order valence-electron chi connectivity index (χ1n) is 14.1. The number of sulfonamides is 1. The summed E-state index contributed by atoms with van der Waals surface area (Å²) in [5.74, 6) is -0.445. The van der Waals surface area contributed by atoms with Gasteiger partial charge in [0.25, 0.3) is 0 Å². The molecule has 2 amide bonds. The summed E-state index contributed by atoms with van der Waals surface area (Å²) in [6.45, 7) is 10.2. The quantitative estimate of drug-likeness (QED) is 0.299. The second-order valence-electron chi connectivity index (χ2n) is 11.3. The largest absolute Gasteiger partial charge is 0.354 e. The maximum absolute atomic E-state index is 14.2. The highest BCUT2D eigenvalue weighted by molar-refractivity contribution is 7.92. The van der Waals surface area contributed by atoms with Crippen molar-refractivity contribution in [3.8, 4) is 0 Å². The summed E-state index contributed by atoms with van der Waals surface area (Å²) in [5, 5.41) is 3.01. The van der Waals surface area contributed by atoms with Crippen LogP contribution in [0.25, 0.3) is 0 Å². The highest BCUT2D eigenvalue weighted by Crippen LogP contribution is 2.29. The van der Waals surface area contributed by atoms with Crippen LogP contribution in [0.2, 0.25) is 0 Å². The number of hydrogen-bond donors (Lipinski definition) is 1. The lowest BCUT2D eigenvalue weighted by Gasteiger charge is -2.34. The fourth-order valence-corrected chi connectivity index (χ4v) is 5.53. The number of aryl methyl sites for hydroxylation is 1. The molecule has 41 heavy (non-hydrogen) atoms. The fraction of sp³-hybridized carbons (Fsp3) is 0.394. The molecule has 3 aromatic carbocycles. The second kappa shape index (κ2) is 14.3. The van der Waals surface area contributed by atoms with Crippen molar-refractivity contribution in [3.05, 3.63) is 101 Å². The van der Waals surface area contributed by atoms with Gasteiger partial charge in [-0.05, 0) is 41.5 Å². The standard InChI is InChI=1S/C33H43N3O4S/c1-24(2)21-34-33(38)31(20-27-12-8-7-9-13-27)35(22-28-18-16-26(5)17-19-28)32(37)23-36(41(6,39)40)30-15-11-10-14-29(30)25(3)4/h7-19,24-25,31H,20-23H2,1-6H3,(H,34,38)/t31-/m0/s1. The van der Waals surface area contributed by atoms with Crippen LogP contribution < -0.4 is 9.62 Å². The van der Waals surface area contributed by atoms with Crippen LogP contribution in [0, 0.1) is 12.8 Å². The van der Waals surface area contributed by atoms with Crippen molar-refractivity contribution in [1.29, 1.82) is 0 Å². The van der Waals surface area contributed by atoms with Gasteiger partial charge in [-0.15, -0.1) is 0 Å². The number of anilines is 1. The van der Waals surface area contributed by atoms with E-state index in [2.05, 4.69) is 5.32 Å². The SMILES string of the molecule is Cc1ccc(CN(C(=O)CN(c2ccccc2C(C)C)S(C)(=O)=O)[C@@H](Cc2ccccc2)C(=O)NCC(C)C)cc1. The Hall–Kier alpha value is -3.65. The van der Waals surface area contributed by atoms with Crippen LogP contribution in [0.4, 0.5) is 5.69 Å². The van der Waals surface area contributed by atoms with Crippen molar-refractivity contribution in [2.24, 2.45) is 5.92 Å². The summed E-state index contributed by atoms with van der Waals surface area (Å²) in [7, 11) is -3.82. The van der Waals surface area contributed by atoms with E-state index in [1.165, 1.54) is 9.21 Å². The minimum absolute atomic E-state index is 0.0434. The van der Waals surface area contributed by atoms with Crippen molar-refractivity contribution in [2.75, 3.05) is 23.7 Å². The zero-order chi connectivity index (χ0) is 30.2. The van der Waals surface area contributed by atoms with E-state index >= 15 is 0 Å². The summed E-state index contributed by atoms with van der Waals surface area (Å²) in [4.78, 5) is 29.5. The van der Waals surface area contributed by atoms with Crippen LogP contribution in [-0.4, -0.2) is 50.5 Å². The molecule has 0 aliphatic heterocycles. The Morgan fingerprint density at radius 3 is 2.02 bits per heavy atom. The number of nitrogens with one attached hydrogen (secondary N) is 1. The van der Waals surface area contributed by atoms with E-state index in [4.69, 9.17) is 0 Å². The Bertz CT molecular complexity index is 1400. The van der Waals surface area contributed by atoms with Crippen LogP contribution in [0.3, 0.4) is 0 Å². The topological polar surface area (TPSA) is 86.8 Å². The Labute approximate surface area is 245 Å². The molecule has 0 bridgehead atoms. The molecule has 0 spiro atoms. The molecule has 0 heterocycles. The predicted molar refractivity (Wildman–Crippen MR) is 166 cm³/mol. The lowest BCUT2D eigenvalue weighted by Crippen LogP contribution is -2.53. The van der Waals surface area contributed by atoms with Crippen molar-refractivity contribution in [1.82, 2.24) is 10.2 Å². The number of carbonyl (C=O) groups is 2. The molecule has 0 aromatic heterocycles. The third-order valence-electron chi connectivity index (χ3n) is 6.94. The van der Waals surface area contributed by atoms with Gasteiger partial charge in [0.1, 0.15) is 12.6 Å². The molecule has 0 fully saturated rings. The summed E-state index contributed by atoms with van der Waals surface area (Å²) in [6, 6.07) is 23.8. The van der Waals surface area contributed by atoms with Gasteiger partial charge in [-0.2, -0.15) is 0 Å². The highest BCUT2D eigenvalue weighted by Gasteiger charge is 2.33. The molecule has 0 unspecified atom stereocenters. The van der Waals surface area contributed by atoms with Gasteiger partial charge in [-0.3, -0.25) is 13.9 Å². The molecule has 3 aromatic rings. The Kier molecular flexibility index (Phi) is 11.1. The second-order valence-corrected chi connectivity index (χ2v) is 13.2. The van der Waals surface area contributed by atoms with E-state index in [1.807, 2.05) is 101 Å². The summed E-state index contributed by atoms with van der Waals surface area (Å²) in [5.41, 5.74) is 4.13. The van der Waals surface area contributed by atoms with Gasteiger partial charge in [0, 0.05) is 19.5 Å². The number of carbonyl (C=O) groups excluding carboxylic acids is 2. The zero-order valence-corrected chi connectivity index (χ0v) is 25.8. The first-order valence-corrected chi connectivity index (χ1v) is 15.9. The van der Waals surface area contributed by atoms with Crippen molar-refractivity contribution < 1.29 is 18.0 Å². The number of nitrogens with zero attached hydrogens (tertiary/aromatic N) is 2. The van der Waals surface area contributed by atoms with Crippen LogP contribution in [0.5, 0.6) is 0 Å². The third kappa shape index (κ3) is 9.18. The number of para-hydroxylation sites is 1. The molecule has 0 saturated carbocycles. The summed E-state index contributed by atoms with van der Waals surface area (Å²) in [6.07, 6.45) is 1.41. The van der Waals surface area contributed by atoms with Crippen molar-refractivity contribution >= 4 is 27.5 Å². The van der Waals surface area contributed by atoms with E-state index in [0.29, 0.717) is 18.7 Å². The number of benzene rings is 3. The monoisotopic (exact) mass is 577 g/mol. The third-order valence-corrected chi connectivity index (χ3v) is 8.06. The van der Waals surface area contributed by atoms with Crippen LogP contribution in [0.1, 0.15) is 55.9 Å². The van der Waals surface area contributed by atoms with Gasteiger partial charge >= 0.3 is 0 Å². The van der Waals surface area contributed by atoms with E-state index in [-0.39, 0.29) is 24.3 Å². The molecule has 0 aliphatic rings. The Balaban J connectivity index is 2.08. The molecule has 3 rings (SSSR count). The smallest absolute Gasteiger partial charge is 0.244 e. The van der Waals surface area contributed by atoms with E-state index in [0.717, 1.165) is 28.5 Å². The molecule has 1 N–H and O–H groups in total. The minimum Gasteiger partial charge on any atom is -0.354 e. The molecule has 0 radical (unpaired) electrons.